The summed E-state index contributed by atoms with van der Waals surface area (Å²) in [5, 5.41) is 13.0. The van der Waals surface area contributed by atoms with Gasteiger partial charge in [-0.2, -0.15) is 5.10 Å². The van der Waals surface area contributed by atoms with Crippen LogP contribution in [0.5, 0.6) is 11.5 Å². The summed E-state index contributed by atoms with van der Waals surface area (Å²) in [6.07, 6.45) is 1.35. The molecule has 2 rings (SSSR count). The van der Waals surface area contributed by atoms with Crippen molar-refractivity contribution in [1.29, 1.82) is 0 Å². The molecule has 2 aromatic rings. The quantitative estimate of drug-likeness (QED) is 0.552. The Balaban J connectivity index is 2.13. The Bertz CT molecular complexity index is 855. The number of hydrogen-bond acceptors (Lipinski definition) is 5. The molecule has 26 heavy (non-hydrogen) atoms. The lowest BCUT2D eigenvalue weighted by Gasteiger charge is -2.11. The standard InChI is InChI=1S/C17H14Cl2N2O5/c1-25-14-7-10(6-13(19)16(14)26-9-15(22)23)8-20-21-17(24)11-4-2-3-5-12(11)18/h2-8H,9H2,1H3,(H,21,24)(H,22,23)/b20-8-. The molecule has 0 unspecified atom stereocenters. The third-order valence-corrected chi connectivity index (χ3v) is 3.70. The number of nitrogens with one attached hydrogen (secondary N) is 1. The number of hydrogen-bond donors (Lipinski definition) is 2. The number of carbonyl (C=O) groups excluding carboxylic acids is 1. The number of carboxylic acid groups (broad SMARTS) is 1. The number of methoxy groups -OCH3 is 1. The number of benzene rings is 2. The van der Waals surface area contributed by atoms with E-state index in [-0.39, 0.29) is 16.5 Å². The van der Waals surface area contributed by atoms with Crippen molar-refractivity contribution in [3.05, 3.63) is 57.6 Å². The lowest BCUT2D eigenvalue weighted by molar-refractivity contribution is -0.139. The van der Waals surface area contributed by atoms with Gasteiger partial charge in [-0.3, -0.25) is 4.79 Å². The first-order valence-corrected chi connectivity index (χ1v) is 7.98. The molecule has 0 bridgehead atoms. The Morgan fingerprint density at radius 2 is 1.96 bits per heavy atom. The highest BCUT2D eigenvalue weighted by Crippen LogP contribution is 2.36. The zero-order valence-corrected chi connectivity index (χ0v) is 15.0. The second kappa shape index (κ2) is 9.07. The Morgan fingerprint density at radius 3 is 2.62 bits per heavy atom. The van der Waals surface area contributed by atoms with Crippen molar-refractivity contribution in [2.45, 2.75) is 0 Å². The predicted molar refractivity (Wildman–Crippen MR) is 97.6 cm³/mol. The summed E-state index contributed by atoms with van der Waals surface area (Å²) in [6.45, 7) is -0.558. The molecule has 0 atom stereocenters. The van der Waals surface area contributed by atoms with Crippen LogP contribution >= 0.6 is 23.2 Å². The molecule has 1 amide bonds. The molecule has 0 saturated carbocycles. The summed E-state index contributed by atoms with van der Waals surface area (Å²) in [4.78, 5) is 22.6. The normalized spacial score (nSPS) is 10.6. The lowest BCUT2D eigenvalue weighted by atomic mass is 10.2. The molecule has 0 saturated heterocycles. The molecule has 2 aromatic carbocycles. The number of ether oxygens (including phenoxy) is 2. The fraction of sp³-hybridized carbons (Fsp3) is 0.118. The van der Waals surface area contributed by atoms with E-state index in [9.17, 15) is 9.59 Å². The minimum atomic E-state index is -1.14. The summed E-state index contributed by atoms with van der Waals surface area (Å²) in [6, 6.07) is 9.60. The molecule has 0 radical (unpaired) electrons. The van der Waals surface area contributed by atoms with Crippen LogP contribution in [-0.4, -0.2) is 36.9 Å². The topological polar surface area (TPSA) is 97.2 Å². The lowest BCUT2D eigenvalue weighted by Crippen LogP contribution is -2.18. The van der Waals surface area contributed by atoms with Gasteiger partial charge in [0.05, 0.1) is 28.9 Å². The van der Waals surface area contributed by atoms with E-state index >= 15 is 0 Å². The highest BCUT2D eigenvalue weighted by Gasteiger charge is 2.13. The van der Waals surface area contributed by atoms with Crippen LogP contribution in [-0.2, 0) is 4.79 Å². The number of rotatable bonds is 7. The van der Waals surface area contributed by atoms with Crippen LogP contribution in [0.1, 0.15) is 15.9 Å². The molecule has 9 heteroatoms. The number of carbonyl (C=O) groups is 2. The third kappa shape index (κ3) is 5.11. The van der Waals surface area contributed by atoms with Crippen LogP contribution in [0.2, 0.25) is 10.0 Å². The van der Waals surface area contributed by atoms with Gasteiger partial charge in [0.1, 0.15) is 0 Å². The van der Waals surface area contributed by atoms with Gasteiger partial charge in [-0.1, -0.05) is 35.3 Å². The summed E-state index contributed by atoms with van der Waals surface area (Å²) < 4.78 is 10.2. The number of nitrogens with zero attached hydrogens (tertiary/aromatic N) is 1. The number of aliphatic carboxylic acids is 1. The Labute approximate surface area is 159 Å². The van der Waals surface area contributed by atoms with Crippen LogP contribution in [0, 0.1) is 0 Å². The minimum absolute atomic E-state index is 0.105. The Hall–Kier alpha value is -2.77. The summed E-state index contributed by atoms with van der Waals surface area (Å²) in [5.41, 5.74) is 3.15. The number of amides is 1. The third-order valence-electron chi connectivity index (χ3n) is 3.09. The van der Waals surface area contributed by atoms with Crippen molar-refractivity contribution in [3.8, 4) is 11.5 Å². The summed E-state index contributed by atoms with van der Waals surface area (Å²) in [7, 11) is 1.39. The van der Waals surface area contributed by atoms with Gasteiger partial charge in [0.15, 0.2) is 18.1 Å². The van der Waals surface area contributed by atoms with Gasteiger partial charge in [-0.05, 0) is 29.8 Å². The van der Waals surface area contributed by atoms with Gasteiger partial charge in [0.25, 0.3) is 5.91 Å². The number of halogens is 2. The maximum absolute atomic E-state index is 12.0. The molecule has 0 fully saturated rings. The first-order valence-electron chi connectivity index (χ1n) is 7.22. The van der Waals surface area contributed by atoms with Crippen molar-refractivity contribution in [3.63, 3.8) is 0 Å². The van der Waals surface area contributed by atoms with Gasteiger partial charge in [-0.25, -0.2) is 10.2 Å². The minimum Gasteiger partial charge on any atom is -0.493 e. The molecule has 2 N–H and O–H groups in total. The second-order valence-corrected chi connectivity index (χ2v) is 5.71. The molecule has 7 nitrogen and oxygen atoms in total. The second-order valence-electron chi connectivity index (χ2n) is 4.90. The fourth-order valence-corrected chi connectivity index (χ4v) is 2.45. The van der Waals surface area contributed by atoms with Crippen molar-refractivity contribution in [2.75, 3.05) is 13.7 Å². The molecule has 0 aliphatic heterocycles. The molecule has 0 heterocycles. The van der Waals surface area contributed by atoms with E-state index in [0.717, 1.165) is 0 Å². The van der Waals surface area contributed by atoms with Crippen molar-refractivity contribution >= 4 is 41.3 Å². The van der Waals surface area contributed by atoms with Gasteiger partial charge in [0.2, 0.25) is 0 Å². The van der Waals surface area contributed by atoms with E-state index in [1.54, 1.807) is 24.3 Å². The fourth-order valence-electron chi connectivity index (χ4n) is 1.96. The van der Waals surface area contributed by atoms with Gasteiger partial charge >= 0.3 is 5.97 Å². The molecule has 0 aliphatic rings. The van der Waals surface area contributed by atoms with E-state index in [0.29, 0.717) is 16.1 Å². The molecule has 0 aliphatic carbocycles. The summed E-state index contributed by atoms with van der Waals surface area (Å²) in [5.74, 6) is -1.27. The highest BCUT2D eigenvalue weighted by molar-refractivity contribution is 6.34. The van der Waals surface area contributed by atoms with Crippen LogP contribution < -0.4 is 14.9 Å². The number of carboxylic acids is 1. The Kier molecular flexibility index (Phi) is 6.82. The van der Waals surface area contributed by atoms with Crippen molar-refractivity contribution < 1.29 is 24.2 Å². The molecule has 136 valence electrons. The first kappa shape index (κ1) is 19.6. The average Bonchev–Trinajstić information content (AvgIpc) is 2.60. The van der Waals surface area contributed by atoms with Gasteiger partial charge in [0, 0.05) is 0 Å². The first-order chi connectivity index (χ1) is 12.4. The van der Waals surface area contributed by atoms with Crippen molar-refractivity contribution in [1.82, 2.24) is 5.43 Å². The van der Waals surface area contributed by atoms with E-state index in [2.05, 4.69) is 10.5 Å². The largest absolute Gasteiger partial charge is 0.493 e. The van der Waals surface area contributed by atoms with E-state index in [1.165, 1.54) is 25.5 Å². The van der Waals surface area contributed by atoms with E-state index < -0.39 is 18.5 Å². The monoisotopic (exact) mass is 396 g/mol. The van der Waals surface area contributed by atoms with Crippen LogP contribution in [0.15, 0.2) is 41.5 Å². The van der Waals surface area contributed by atoms with Gasteiger partial charge < -0.3 is 14.6 Å². The molecule has 0 spiro atoms. The van der Waals surface area contributed by atoms with Gasteiger partial charge in [-0.15, -0.1) is 0 Å². The maximum Gasteiger partial charge on any atom is 0.341 e. The van der Waals surface area contributed by atoms with Crippen LogP contribution in [0.25, 0.3) is 0 Å². The smallest absolute Gasteiger partial charge is 0.341 e. The maximum atomic E-state index is 12.0. The zero-order valence-electron chi connectivity index (χ0n) is 13.5. The molecule has 0 aromatic heterocycles. The van der Waals surface area contributed by atoms with E-state index in [4.69, 9.17) is 37.8 Å². The average molecular weight is 397 g/mol. The number of hydrazone groups is 1. The molecular formula is C17H14Cl2N2O5. The van der Waals surface area contributed by atoms with Crippen LogP contribution in [0.4, 0.5) is 0 Å². The van der Waals surface area contributed by atoms with E-state index in [1.807, 2.05) is 0 Å². The Morgan fingerprint density at radius 1 is 1.23 bits per heavy atom. The van der Waals surface area contributed by atoms with Crippen molar-refractivity contribution in [2.24, 2.45) is 5.10 Å². The predicted octanol–water partition coefficient (Wildman–Crippen LogP) is 3.23. The zero-order chi connectivity index (χ0) is 19.1. The van der Waals surface area contributed by atoms with Crippen LogP contribution in [0.3, 0.4) is 0 Å². The SMILES string of the molecule is COc1cc(/C=N\NC(=O)c2ccccc2Cl)cc(Cl)c1OCC(=O)O. The highest BCUT2D eigenvalue weighted by atomic mass is 35.5. The molecular weight excluding hydrogens is 383 g/mol. The summed E-state index contributed by atoms with van der Waals surface area (Å²) >= 11 is 12.0.